The number of hydrogen-bond acceptors (Lipinski definition) is 5. The predicted octanol–water partition coefficient (Wildman–Crippen LogP) is 3.51. The van der Waals surface area contributed by atoms with Gasteiger partial charge in [0.2, 0.25) is 0 Å². The number of aromatic nitrogens is 3. The van der Waals surface area contributed by atoms with Gasteiger partial charge < -0.3 is 4.74 Å². The van der Waals surface area contributed by atoms with Gasteiger partial charge in [0.05, 0.1) is 18.6 Å². The Balaban J connectivity index is 1.82. The SMILES string of the molecule is COc1ccc(-c2nnn(Cc3ccc([N+](=O)[O-])cc3)c2I)cc1. The molecule has 0 fully saturated rings. The Kier molecular flexibility index (Phi) is 4.74. The van der Waals surface area contributed by atoms with Crippen molar-refractivity contribution in [2.75, 3.05) is 7.11 Å². The fourth-order valence-corrected chi connectivity index (χ4v) is 2.91. The van der Waals surface area contributed by atoms with Crippen LogP contribution in [0, 0.1) is 13.8 Å². The average molecular weight is 436 g/mol. The van der Waals surface area contributed by atoms with Crippen LogP contribution in [-0.2, 0) is 6.54 Å². The first-order chi connectivity index (χ1) is 11.6. The third-order valence-electron chi connectivity index (χ3n) is 3.52. The molecule has 3 rings (SSSR count). The quantitative estimate of drug-likeness (QED) is 0.347. The van der Waals surface area contributed by atoms with Crippen molar-refractivity contribution >= 4 is 28.3 Å². The summed E-state index contributed by atoms with van der Waals surface area (Å²) < 4.78 is 7.82. The largest absolute Gasteiger partial charge is 0.497 e. The Morgan fingerprint density at radius 3 is 2.42 bits per heavy atom. The molecule has 0 radical (unpaired) electrons. The molecule has 0 spiro atoms. The molecule has 0 aliphatic carbocycles. The molecule has 0 saturated heterocycles. The van der Waals surface area contributed by atoms with Crippen LogP contribution in [0.4, 0.5) is 5.69 Å². The van der Waals surface area contributed by atoms with Gasteiger partial charge in [0, 0.05) is 17.7 Å². The maximum atomic E-state index is 10.7. The lowest BCUT2D eigenvalue weighted by Crippen LogP contribution is -2.04. The van der Waals surface area contributed by atoms with Gasteiger partial charge in [-0.2, -0.15) is 0 Å². The Bertz CT molecular complexity index is 860. The first-order valence-electron chi connectivity index (χ1n) is 7.05. The second kappa shape index (κ2) is 6.95. The molecule has 7 nitrogen and oxygen atoms in total. The lowest BCUT2D eigenvalue weighted by atomic mass is 10.1. The van der Waals surface area contributed by atoms with Crippen molar-refractivity contribution in [3.8, 4) is 17.0 Å². The van der Waals surface area contributed by atoms with E-state index < -0.39 is 4.92 Å². The number of hydrogen-bond donors (Lipinski definition) is 0. The monoisotopic (exact) mass is 436 g/mol. The normalized spacial score (nSPS) is 10.6. The molecule has 0 N–H and O–H groups in total. The van der Waals surface area contributed by atoms with Gasteiger partial charge >= 0.3 is 0 Å². The van der Waals surface area contributed by atoms with Crippen molar-refractivity contribution in [1.29, 1.82) is 0 Å². The van der Waals surface area contributed by atoms with E-state index in [2.05, 4.69) is 32.9 Å². The number of methoxy groups -OCH3 is 1. The molecular weight excluding hydrogens is 423 g/mol. The summed E-state index contributed by atoms with van der Waals surface area (Å²) in [5.74, 6) is 0.784. The van der Waals surface area contributed by atoms with E-state index in [1.807, 2.05) is 24.3 Å². The summed E-state index contributed by atoms with van der Waals surface area (Å²) in [6, 6.07) is 14.0. The molecule has 0 aliphatic rings. The lowest BCUT2D eigenvalue weighted by Gasteiger charge is -2.04. The van der Waals surface area contributed by atoms with Gasteiger partial charge in [0.1, 0.15) is 15.1 Å². The molecule has 0 aliphatic heterocycles. The van der Waals surface area contributed by atoms with Gasteiger partial charge in [-0.15, -0.1) is 5.10 Å². The van der Waals surface area contributed by atoms with Gasteiger partial charge in [0.15, 0.2) is 0 Å². The summed E-state index contributed by atoms with van der Waals surface area (Å²) in [5, 5.41) is 19.1. The van der Waals surface area contributed by atoms with Crippen LogP contribution in [0.5, 0.6) is 5.75 Å². The Morgan fingerprint density at radius 2 is 1.83 bits per heavy atom. The fraction of sp³-hybridized carbons (Fsp3) is 0.125. The summed E-state index contributed by atoms with van der Waals surface area (Å²) in [5.41, 5.74) is 2.74. The molecule has 1 heterocycles. The second-order valence-electron chi connectivity index (χ2n) is 5.04. The molecule has 0 bridgehead atoms. The van der Waals surface area contributed by atoms with E-state index in [1.165, 1.54) is 12.1 Å². The van der Waals surface area contributed by atoms with E-state index in [1.54, 1.807) is 23.9 Å². The van der Waals surface area contributed by atoms with E-state index in [4.69, 9.17) is 4.74 Å². The minimum Gasteiger partial charge on any atom is -0.497 e. The highest BCUT2D eigenvalue weighted by molar-refractivity contribution is 14.1. The first-order valence-corrected chi connectivity index (χ1v) is 8.13. The van der Waals surface area contributed by atoms with Gasteiger partial charge in [0.25, 0.3) is 5.69 Å². The van der Waals surface area contributed by atoms with Crippen LogP contribution in [0.1, 0.15) is 5.56 Å². The summed E-state index contributed by atoms with van der Waals surface area (Å²) in [4.78, 5) is 10.3. The number of benzene rings is 2. The maximum Gasteiger partial charge on any atom is 0.269 e. The molecule has 122 valence electrons. The molecule has 3 aromatic rings. The number of nitro benzene ring substituents is 1. The van der Waals surface area contributed by atoms with Crippen molar-refractivity contribution in [3.05, 3.63) is 67.9 Å². The zero-order valence-corrected chi connectivity index (χ0v) is 14.9. The minimum absolute atomic E-state index is 0.0750. The Morgan fingerprint density at radius 1 is 1.17 bits per heavy atom. The van der Waals surface area contributed by atoms with Crippen LogP contribution in [0.15, 0.2) is 48.5 Å². The van der Waals surface area contributed by atoms with Gasteiger partial charge in [-0.05, 0) is 52.4 Å². The molecule has 8 heteroatoms. The van der Waals surface area contributed by atoms with Crippen molar-refractivity contribution < 1.29 is 9.66 Å². The molecule has 0 unspecified atom stereocenters. The highest BCUT2D eigenvalue weighted by Gasteiger charge is 2.13. The highest BCUT2D eigenvalue weighted by Crippen LogP contribution is 2.25. The van der Waals surface area contributed by atoms with Gasteiger partial charge in [-0.1, -0.05) is 17.3 Å². The van der Waals surface area contributed by atoms with Crippen LogP contribution >= 0.6 is 22.6 Å². The first kappa shape index (κ1) is 16.4. The molecule has 1 aromatic heterocycles. The summed E-state index contributed by atoms with van der Waals surface area (Å²) in [7, 11) is 1.62. The van der Waals surface area contributed by atoms with Crippen LogP contribution in [0.2, 0.25) is 0 Å². The van der Waals surface area contributed by atoms with Crippen molar-refractivity contribution in [2.24, 2.45) is 0 Å². The Hall–Kier alpha value is -2.49. The molecule has 0 atom stereocenters. The predicted molar refractivity (Wildman–Crippen MR) is 96.9 cm³/mol. The zero-order valence-electron chi connectivity index (χ0n) is 12.7. The smallest absolute Gasteiger partial charge is 0.269 e. The van der Waals surface area contributed by atoms with Crippen molar-refractivity contribution in [1.82, 2.24) is 15.0 Å². The second-order valence-corrected chi connectivity index (χ2v) is 6.06. The molecule has 2 aromatic carbocycles. The standard InChI is InChI=1S/C16H13IN4O3/c1-24-14-8-4-12(5-9-14)15-16(17)20(19-18-15)10-11-2-6-13(7-3-11)21(22)23/h2-9H,10H2,1H3. The average Bonchev–Trinajstić information content (AvgIpc) is 2.96. The van der Waals surface area contributed by atoms with Gasteiger partial charge in [-0.25, -0.2) is 4.68 Å². The number of rotatable bonds is 5. The highest BCUT2D eigenvalue weighted by atomic mass is 127. The van der Waals surface area contributed by atoms with Crippen molar-refractivity contribution in [3.63, 3.8) is 0 Å². The van der Waals surface area contributed by atoms with Crippen LogP contribution in [-0.4, -0.2) is 27.0 Å². The van der Waals surface area contributed by atoms with E-state index in [0.717, 1.165) is 26.3 Å². The summed E-state index contributed by atoms with van der Waals surface area (Å²) in [6.45, 7) is 0.499. The minimum atomic E-state index is -0.412. The van der Waals surface area contributed by atoms with Crippen LogP contribution < -0.4 is 4.74 Å². The molecule has 24 heavy (non-hydrogen) atoms. The van der Waals surface area contributed by atoms with E-state index in [0.29, 0.717) is 6.54 Å². The maximum absolute atomic E-state index is 10.7. The van der Waals surface area contributed by atoms with Crippen molar-refractivity contribution in [2.45, 2.75) is 6.54 Å². The number of non-ortho nitro benzene ring substituents is 1. The Labute approximate surface area is 151 Å². The number of nitro groups is 1. The number of halogens is 1. The zero-order chi connectivity index (χ0) is 17.1. The van der Waals surface area contributed by atoms with E-state index >= 15 is 0 Å². The van der Waals surface area contributed by atoms with Crippen LogP contribution in [0.25, 0.3) is 11.3 Å². The number of nitrogens with zero attached hydrogens (tertiary/aromatic N) is 4. The number of ether oxygens (including phenoxy) is 1. The molecule has 0 saturated carbocycles. The van der Waals surface area contributed by atoms with E-state index in [-0.39, 0.29) is 5.69 Å². The third kappa shape index (κ3) is 3.37. The van der Waals surface area contributed by atoms with E-state index in [9.17, 15) is 10.1 Å². The summed E-state index contributed by atoms with van der Waals surface area (Å²) >= 11 is 2.20. The third-order valence-corrected chi connectivity index (χ3v) is 4.59. The van der Waals surface area contributed by atoms with Gasteiger partial charge in [-0.3, -0.25) is 10.1 Å². The topological polar surface area (TPSA) is 83.1 Å². The fourth-order valence-electron chi connectivity index (χ4n) is 2.22. The molecule has 0 amide bonds. The summed E-state index contributed by atoms with van der Waals surface area (Å²) in [6.07, 6.45) is 0. The molecular formula is C16H13IN4O3. The lowest BCUT2D eigenvalue weighted by molar-refractivity contribution is -0.384. The van der Waals surface area contributed by atoms with Crippen LogP contribution in [0.3, 0.4) is 0 Å².